The number of aromatic nitrogens is 5. The fourth-order valence-corrected chi connectivity index (χ4v) is 3.39. The Morgan fingerprint density at radius 1 is 1.17 bits per heavy atom. The second-order valence-corrected chi connectivity index (χ2v) is 7.49. The number of carbonyl (C=O) groups is 1. The van der Waals surface area contributed by atoms with Crippen molar-refractivity contribution in [2.24, 2.45) is 0 Å². The summed E-state index contributed by atoms with van der Waals surface area (Å²) in [7, 11) is 0. The minimum absolute atomic E-state index is 0.269. The molecule has 0 aliphatic rings. The number of amides is 1. The molecule has 1 aromatic carbocycles. The minimum atomic E-state index is -0.269. The van der Waals surface area contributed by atoms with Crippen LogP contribution in [-0.2, 0) is 11.3 Å². The number of hydrogen-bond donors (Lipinski definition) is 1. The van der Waals surface area contributed by atoms with Crippen molar-refractivity contribution in [1.29, 1.82) is 0 Å². The summed E-state index contributed by atoms with van der Waals surface area (Å²) in [4.78, 5) is 16.4. The molecule has 3 aromatic heterocycles. The maximum atomic E-state index is 12.2. The lowest BCUT2D eigenvalue weighted by Gasteiger charge is -2.01. The van der Waals surface area contributed by atoms with Gasteiger partial charge in [-0.05, 0) is 30.7 Å². The molecule has 0 bridgehead atoms. The lowest BCUT2D eigenvalue weighted by Crippen LogP contribution is -2.07. The van der Waals surface area contributed by atoms with E-state index in [0.29, 0.717) is 11.7 Å². The molecule has 1 amide bonds. The SMILES string of the molecule is Cc1nnc(NC(=O)/C=C/c2cn(Cc3ccccc3)nc2-c2cccnc2)s1. The van der Waals surface area contributed by atoms with Crippen LogP contribution in [0.3, 0.4) is 0 Å². The molecule has 0 atom stereocenters. The van der Waals surface area contributed by atoms with Gasteiger partial charge in [0.15, 0.2) is 0 Å². The number of carbonyl (C=O) groups excluding carboxylic acids is 1. The Kier molecular flexibility index (Phi) is 5.53. The summed E-state index contributed by atoms with van der Waals surface area (Å²) in [6, 6.07) is 13.9. The van der Waals surface area contributed by atoms with Gasteiger partial charge in [-0.25, -0.2) is 0 Å². The molecule has 144 valence electrons. The van der Waals surface area contributed by atoms with Gasteiger partial charge >= 0.3 is 0 Å². The molecule has 7 nitrogen and oxygen atoms in total. The van der Waals surface area contributed by atoms with Crippen molar-refractivity contribution in [2.45, 2.75) is 13.5 Å². The summed E-state index contributed by atoms with van der Waals surface area (Å²) >= 11 is 1.33. The molecule has 0 aliphatic heterocycles. The Hall–Kier alpha value is -3.65. The standard InChI is InChI=1S/C21H18N6OS/c1-15-24-25-21(29-15)23-19(28)10-9-18-14-27(13-16-6-3-2-4-7-16)26-20(18)17-8-5-11-22-12-17/h2-12,14H,13H2,1H3,(H,23,25,28)/b10-9+. The van der Waals surface area contributed by atoms with E-state index in [1.54, 1.807) is 18.5 Å². The zero-order valence-electron chi connectivity index (χ0n) is 15.7. The summed E-state index contributed by atoms with van der Waals surface area (Å²) in [5.41, 5.74) is 3.63. The average molecular weight is 402 g/mol. The van der Waals surface area contributed by atoms with Crippen molar-refractivity contribution >= 4 is 28.5 Å². The molecule has 0 fully saturated rings. The molecular weight excluding hydrogens is 384 g/mol. The van der Waals surface area contributed by atoms with Crippen molar-refractivity contribution in [2.75, 3.05) is 5.32 Å². The van der Waals surface area contributed by atoms with E-state index in [-0.39, 0.29) is 5.91 Å². The number of nitrogens with one attached hydrogen (secondary N) is 1. The molecule has 0 saturated carbocycles. The quantitative estimate of drug-likeness (QED) is 0.496. The van der Waals surface area contributed by atoms with E-state index in [9.17, 15) is 4.79 Å². The van der Waals surface area contributed by atoms with Crippen LogP contribution in [0.25, 0.3) is 17.3 Å². The second-order valence-electron chi connectivity index (χ2n) is 6.31. The Morgan fingerprint density at radius 2 is 2.03 bits per heavy atom. The van der Waals surface area contributed by atoms with E-state index in [2.05, 4.69) is 32.6 Å². The highest BCUT2D eigenvalue weighted by molar-refractivity contribution is 7.15. The number of nitrogens with zero attached hydrogens (tertiary/aromatic N) is 5. The summed E-state index contributed by atoms with van der Waals surface area (Å²) in [6.07, 6.45) is 8.63. The maximum absolute atomic E-state index is 12.2. The van der Waals surface area contributed by atoms with Crippen molar-refractivity contribution in [1.82, 2.24) is 25.0 Å². The first-order valence-corrected chi connectivity index (χ1v) is 9.80. The molecule has 4 rings (SSSR count). The molecule has 0 saturated heterocycles. The monoisotopic (exact) mass is 402 g/mol. The minimum Gasteiger partial charge on any atom is -0.297 e. The van der Waals surface area contributed by atoms with Crippen LogP contribution < -0.4 is 5.32 Å². The number of anilines is 1. The van der Waals surface area contributed by atoms with Gasteiger partial charge in [0.2, 0.25) is 11.0 Å². The Balaban J connectivity index is 1.59. The highest BCUT2D eigenvalue weighted by Crippen LogP contribution is 2.23. The Bertz CT molecular complexity index is 1130. The van der Waals surface area contributed by atoms with E-state index < -0.39 is 0 Å². The van der Waals surface area contributed by atoms with Gasteiger partial charge in [-0.2, -0.15) is 5.10 Å². The van der Waals surface area contributed by atoms with E-state index in [1.165, 1.54) is 17.4 Å². The fraction of sp³-hybridized carbons (Fsp3) is 0.0952. The molecule has 0 unspecified atom stereocenters. The van der Waals surface area contributed by atoms with Crippen LogP contribution >= 0.6 is 11.3 Å². The summed E-state index contributed by atoms with van der Waals surface area (Å²) in [6.45, 7) is 2.47. The van der Waals surface area contributed by atoms with Gasteiger partial charge in [-0.1, -0.05) is 41.7 Å². The number of rotatable bonds is 6. The zero-order valence-corrected chi connectivity index (χ0v) is 16.5. The first-order chi connectivity index (χ1) is 14.2. The third kappa shape index (κ3) is 4.80. The number of benzene rings is 1. The normalized spacial score (nSPS) is 11.1. The van der Waals surface area contributed by atoms with Gasteiger partial charge in [0.1, 0.15) is 10.7 Å². The van der Waals surface area contributed by atoms with Gasteiger partial charge in [0, 0.05) is 35.8 Å². The summed E-state index contributed by atoms with van der Waals surface area (Å²) < 4.78 is 1.86. The van der Waals surface area contributed by atoms with Crippen LogP contribution in [0.15, 0.2) is 67.1 Å². The van der Waals surface area contributed by atoms with Gasteiger partial charge in [-0.3, -0.25) is 19.8 Å². The molecule has 4 aromatic rings. The highest BCUT2D eigenvalue weighted by Gasteiger charge is 2.11. The average Bonchev–Trinajstić information content (AvgIpc) is 3.33. The predicted octanol–water partition coefficient (Wildman–Crippen LogP) is 3.81. The zero-order chi connectivity index (χ0) is 20.1. The number of hydrogen-bond acceptors (Lipinski definition) is 6. The van der Waals surface area contributed by atoms with Crippen molar-refractivity contribution in [3.8, 4) is 11.3 Å². The van der Waals surface area contributed by atoms with Crippen LogP contribution in [0, 0.1) is 6.92 Å². The predicted molar refractivity (Wildman–Crippen MR) is 113 cm³/mol. The molecule has 0 radical (unpaired) electrons. The van der Waals surface area contributed by atoms with Crippen molar-refractivity contribution in [3.05, 3.63) is 83.3 Å². The molecule has 3 heterocycles. The summed E-state index contributed by atoms with van der Waals surface area (Å²) in [5, 5.41) is 16.5. The van der Waals surface area contributed by atoms with Crippen LogP contribution in [0.5, 0.6) is 0 Å². The highest BCUT2D eigenvalue weighted by atomic mass is 32.1. The molecule has 0 spiro atoms. The van der Waals surface area contributed by atoms with Crippen LogP contribution in [-0.4, -0.2) is 30.9 Å². The Morgan fingerprint density at radius 3 is 2.76 bits per heavy atom. The largest absolute Gasteiger partial charge is 0.297 e. The van der Waals surface area contributed by atoms with Crippen LogP contribution in [0.1, 0.15) is 16.1 Å². The van der Waals surface area contributed by atoms with Gasteiger partial charge in [0.05, 0.1) is 6.54 Å². The van der Waals surface area contributed by atoms with Gasteiger partial charge in [-0.15, -0.1) is 10.2 Å². The van der Waals surface area contributed by atoms with Crippen molar-refractivity contribution in [3.63, 3.8) is 0 Å². The Labute approximate surface area is 171 Å². The van der Waals surface area contributed by atoms with E-state index in [4.69, 9.17) is 5.10 Å². The summed E-state index contributed by atoms with van der Waals surface area (Å²) in [5.74, 6) is -0.269. The number of aryl methyl sites for hydroxylation is 1. The molecule has 1 N–H and O–H groups in total. The van der Waals surface area contributed by atoms with Crippen molar-refractivity contribution < 1.29 is 4.79 Å². The second kappa shape index (κ2) is 8.57. The van der Waals surface area contributed by atoms with Gasteiger partial charge < -0.3 is 0 Å². The lowest BCUT2D eigenvalue weighted by molar-refractivity contribution is -0.111. The molecule has 29 heavy (non-hydrogen) atoms. The molecular formula is C21H18N6OS. The third-order valence-corrected chi connectivity index (χ3v) is 4.84. The topological polar surface area (TPSA) is 85.6 Å². The number of pyridine rings is 1. The first-order valence-electron chi connectivity index (χ1n) is 8.98. The van der Waals surface area contributed by atoms with Crippen LogP contribution in [0.4, 0.5) is 5.13 Å². The molecule has 8 heteroatoms. The molecule has 0 aliphatic carbocycles. The maximum Gasteiger partial charge on any atom is 0.250 e. The first kappa shape index (κ1) is 18.7. The fourth-order valence-electron chi connectivity index (χ4n) is 2.80. The third-order valence-electron chi connectivity index (χ3n) is 4.08. The van der Waals surface area contributed by atoms with E-state index >= 15 is 0 Å². The lowest BCUT2D eigenvalue weighted by atomic mass is 10.1. The van der Waals surface area contributed by atoms with E-state index in [1.807, 2.05) is 48.1 Å². The van der Waals surface area contributed by atoms with Crippen LogP contribution in [0.2, 0.25) is 0 Å². The smallest absolute Gasteiger partial charge is 0.250 e. The van der Waals surface area contributed by atoms with Gasteiger partial charge in [0.25, 0.3) is 0 Å². The van der Waals surface area contributed by atoms with E-state index in [0.717, 1.165) is 27.4 Å².